The van der Waals surface area contributed by atoms with Crippen molar-refractivity contribution in [2.75, 3.05) is 6.54 Å². The molecule has 0 unspecified atom stereocenters. The Bertz CT molecular complexity index is 977. The summed E-state index contributed by atoms with van der Waals surface area (Å²) in [6, 6.07) is 5.77. The third-order valence-corrected chi connectivity index (χ3v) is 5.58. The van der Waals surface area contributed by atoms with Gasteiger partial charge in [-0.3, -0.25) is 14.6 Å². The summed E-state index contributed by atoms with van der Waals surface area (Å²) in [5.74, 6) is -1.93. The van der Waals surface area contributed by atoms with Gasteiger partial charge >= 0.3 is 12.1 Å². The predicted molar refractivity (Wildman–Crippen MR) is 104 cm³/mol. The van der Waals surface area contributed by atoms with Gasteiger partial charge in [0.25, 0.3) is 5.91 Å². The number of aliphatic carboxylic acids is 1. The van der Waals surface area contributed by atoms with Gasteiger partial charge in [0.05, 0.1) is 23.9 Å². The quantitative estimate of drug-likeness (QED) is 0.766. The molecule has 2 fully saturated rings. The average Bonchev–Trinajstić information content (AvgIpc) is 3.36. The van der Waals surface area contributed by atoms with Crippen molar-refractivity contribution in [3.05, 3.63) is 53.7 Å². The predicted octanol–water partition coefficient (Wildman–Crippen LogP) is 3.02. The Hall–Kier alpha value is -3.37. The first-order valence-electron chi connectivity index (χ1n) is 9.93. The number of halogens is 3. The van der Waals surface area contributed by atoms with Gasteiger partial charge in [-0.1, -0.05) is 0 Å². The molecule has 2 aromatic rings. The number of nitrogens with zero attached hydrogens (tertiary/aromatic N) is 3. The van der Waals surface area contributed by atoms with E-state index in [2.05, 4.69) is 4.98 Å². The van der Waals surface area contributed by atoms with Crippen molar-refractivity contribution in [1.29, 1.82) is 0 Å². The van der Waals surface area contributed by atoms with Crippen molar-refractivity contribution in [2.24, 2.45) is 0 Å². The molecule has 1 N–H and O–H groups in total. The summed E-state index contributed by atoms with van der Waals surface area (Å²) in [6.45, 7) is 3.06. The molecular formula is C21H22F3N3O5. The first kappa shape index (κ1) is 23.3. The van der Waals surface area contributed by atoms with Gasteiger partial charge < -0.3 is 19.3 Å². The van der Waals surface area contributed by atoms with Crippen molar-refractivity contribution >= 4 is 17.8 Å². The third-order valence-electron chi connectivity index (χ3n) is 5.58. The van der Waals surface area contributed by atoms with Crippen LogP contribution in [-0.4, -0.2) is 62.5 Å². The van der Waals surface area contributed by atoms with E-state index in [-0.39, 0.29) is 23.9 Å². The molecule has 2 aliphatic heterocycles. The van der Waals surface area contributed by atoms with E-state index in [1.165, 1.54) is 0 Å². The maximum absolute atomic E-state index is 12.9. The van der Waals surface area contributed by atoms with Crippen molar-refractivity contribution in [2.45, 2.75) is 51.0 Å². The fourth-order valence-electron chi connectivity index (χ4n) is 4.05. The molecule has 0 aromatic carbocycles. The van der Waals surface area contributed by atoms with Gasteiger partial charge in [-0.25, -0.2) is 4.79 Å². The van der Waals surface area contributed by atoms with E-state index >= 15 is 0 Å². The molecule has 8 nitrogen and oxygen atoms in total. The third kappa shape index (κ3) is 5.09. The molecule has 4 rings (SSSR count). The minimum atomic E-state index is -5.08. The van der Waals surface area contributed by atoms with Crippen LogP contribution in [0.5, 0.6) is 0 Å². The topological polar surface area (TPSA) is 104 Å². The van der Waals surface area contributed by atoms with Gasteiger partial charge in [-0.15, -0.1) is 0 Å². The SMILES string of the molecule is Cc1occc1C(=O)N1CC[C@@H]2[C@H]1CCC(=O)N2Cc1ccncc1.O=C(O)C(F)(F)F. The zero-order valence-corrected chi connectivity index (χ0v) is 17.2. The molecule has 0 spiro atoms. The first-order valence-corrected chi connectivity index (χ1v) is 9.93. The summed E-state index contributed by atoms with van der Waals surface area (Å²) in [7, 11) is 0. The Kier molecular flexibility index (Phi) is 6.85. The normalized spacial score (nSPS) is 20.4. The van der Waals surface area contributed by atoms with Crippen LogP contribution in [0.3, 0.4) is 0 Å². The zero-order valence-electron chi connectivity index (χ0n) is 17.2. The number of piperidine rings is 1. The molecule has 32 heavy (non-hydrogen) atoms. The van der Waals surface area contributed by atoms with E-state index < -0.39 is 12.1 Å². The number of alkyl halides is 3. The number of hydrogen-bond donors (Lipinski definition) is 1. The van der Waals surface area contributed by atoms with Crippen LogP contribution in [0.1, 0.15) is 40.9 Å². The molecule has 2 aromatic heterocycles. The molecule has 0 radical (unpaired) electrons. The molecule has 11 heteroatoms. The Labute approximate surface area is 181 Å². The maximum Gasteiger partial charge on any atom is 0.490 e. The molecule has 172 valence electrons. The van der Waals surface area contributed by atoms with Crippen LogP contribution in [0.25, 0.3) is 0 Å². The number of aromatic nitrogens is 1. The molecule has 2 atom stereocenters. The van der Waals surface area contributed by atoms with Crippen molar-refractivity contribution in [3.63, 3.8) is 0 Å². The number of carboxylic acid groups (broad SMARTS) is 1. The van der Waals surface area contributed by atoms with E-state index in [9.17, 15) is 22.8 Å². The number of likely N-dealkylation sites (tertiary alicyclic amines) is 2. The van der Waals surface area contributed by atoms with E-state index in [0.29, 0.717) is 30.8 Å². The fraction of sp³-hybridized carbons (Fsp3) is 0.429. The highest BCUT2D eigenvalue weighted by atomic mass is 19.4. The minimum Gasteiger partial charge on any atom is -0.475 e. The highest BCUT2D eigenvalue weighted by Gasteiger charge is 2.45. The summed E-state index contributed by atoms with van der Waals surface area (Å²) in [4.78, 5) is 42.2. The summed E-state index contributed by atoms with van der Waals surface area (Å²) in [5.41, 5.74) is 1.69. The second kappa shape index (κ2) is 9.41. The molecule has 0 saturated carbocycles. The number of hydrogen-bond acceptors (Lipinski definition) is 5. The van der Waals surface area contributed by atoms with Gasteiger partial charge in [0.15, 0.2) is 0 Å². The number of rotatable bonds is 3. The molecule has 2 saturated heterocycles. The van der Waals surface area contributed by atoms with Gasteiger partial charge in [0.1, 0.15) is 5.76 Å². The van der Waals surface area contributed by atoms with Crippen LogP contribution in [0.15, 0.2) is 41.3 Å². The Morgan fingerprint density at radius 2 is 1.84 bits per heavy atom. The van der Waals surface area contributed by atoms with Crippen LogP contribution >= 0.6 is 0 Å². The molecule has 0 bridgehead atoms. The molecule has 4 heterocycles. The molecule has 2 amide bonds. The summed E-state index contributed by atoms with van der Waals surface area (Å²) >= 11 is 0. The Morgan fingerprint density at radius 3 is 2.41 bits per heavy atom. The molecule has 2 aliphatic rings. The van der Waals surface area contributed by atoms with E-state index in [1.807, 2.05) is 21.9 Å². The first-order chi connectivity index (χ1) is 15.1. The maximum atomic E-state index is 12.9. The van der Waals surface area contributed by atoms with Gasteiger partial charge in [-0.2, -0.15) is 13.2 Å². The van der Waals surface area contributed by atoms with Gasteiger partial charge in [0, 0.05) is 31.9 Å². The van der Waals surface area contributed by atoms with Crippen molar-refractivity contribution < 1.29 is 37.1 Å². The van der Waals surface area contributed by atoms with E-state index in [0.717, 1.165) is 18.4 Å². The molecule has 0 aliphatic carbocycles. The lowest BCUT2D eigenvalue weighted by Crippen LogP contribution is -2.52. The number of carbonyl (C=O) groups is 3. The number of fused-ring (bicyclic) bond motifs is 1. The lowest BCUT2D eigenvalue weighted by Gasteiger charge is -2.39. The number of aryl methyl sites for hydroxylation is 1. The van der Waals surface area contributed by atoms with Crippen LogP contribution < -0.4 is 0 Å². The lowest BCUT2D eigenvalue weighted by atomic mass is 9.95. The second-order valence-corrected chi connectivity index (χ2v) is 7.53. The van der Waals surface area contributed by atoms with Crippen molar-refractivity contribution in [1.82, 2.24) is 14.8 Å². The number of amides is 2. The average molecular weight is 453 g/mol. The smallest absolute Gasteiger partial charge is 0.475 e. The molecular weight excluding hydrogens is 431 g/mol. The largest absolute Gasteiger partial charge is 0.490 e. The fourth-order valence-corrected chi connectivity index (χ4v) is 4.05. The van der Waals surface area contributed by atoms with Gasteiger partial charge in [0.2, 0.25) is 5.91 Å². The Balaban J connectivity index is 0.000000360. The minimum absolute atomic E-state index is 0.0111. The lowest BCUT2D eigenvalue weighted by molar-refractivity contribution is -0.192. The number of carboxylic acids is 1. The van der Waals surface area contributed by atoms with Crippen LogP contribution in [0, 0.1) is 6.92 Å². The Morgan fingerprint density at radius 1 is 1.19 bits per heavy atom. The second-order valence-electron chi connectivity index (χ2n) is 7.53. The van der Waals surface area contributed by atoms with Crippen molar-refractivity contribution in [3.8, 4) is 0 Å². The van der Waals surface area contributed by atoms with Crippen LogP contribution in [0.4, 0.5) is 13.2 Å². The summed E-state index contributed by atoms with van der Waals surface area (Å²) < 4.78 is 37.0. The monoisotopic (exact) mass is 453 g/mol. The summed E-state index contributed by atoms with van der Waals surface area (Å²) in [5, 5.41) is 7.12. The number of furan rings is 1. The van der Waals surface area contributed by atoms with Crippen LogP contribution in [-0.2, 0) is 16.1 Å². The van der Waals surface area contributed by atoms with E-state index in [4.69, 9.17) is 14.3 Å². The zero-order chi connectivity index (χ0) is 23.5. The number of pyridine rings is 1. The van der Waals surface area contributed by atoms with Crippen LogP contribution in [0.2, 0.25) is 0 Å². The highest BCUT2D eigenvalue weighted by Crippen LogP contribution is 2.33. The standard InChI is InChI=1S/C19H21N3O3.C2HF3O2/c1-13-15(7-11-25-13)19(24)21-10-6-17-16(21)2-3-18(23)22(17)12-14-4-8-20-9-5-14;3-2(4,5)1(6)7/h4-5,7-9,11,16-17H,2-3,6,10,12H2,1H3;(H,6,7)/t16-,17-;/m1./s1. The highest BCUT2D eigenvalue weighted by molar-refractivity contribution is 5.95. The van der Waals surface area contributed by atoms with E-state index in [1.54, 1.807) is 31.6 Å². The van der Waals surface area contributed by atoms with Gasteiger partial charge in [-0.05, 0) is 43.5 Å². The number of carbonyl (C=O) groups excluding carboxylic acids is 2. The summed E-state index contributed by atoms with van der Waals surface area (Å²) in [6.07, 6.45) is 2.00.